The first-order valence-electron chi connectivity index (χ1n) is 5.03. The van der Waals surface area contributed by atoms with Crippen molar-refractivity contribution in [2.75, 3.05) is 16.8 Å². The fourth-order valence-electron chi connectivity index (χ4n) is 1.43. The number of carbonyl (C=O) groups is 1. The Morgan fingerprint density at radius 1 is 1.12 bits per heavy atom. The highest BCUT2D eigenvalue weighted by atomic mass is 16.1. The highest BCUT2D eigenvalue weighted by Crippen LogP contribution is 2.14. The minimum atomic E-state index is -0.289. The van der Waals surface area contributed by atoms with E-state index in [9.17, 15) is 4.79 Å². The first kappa shape index (κ1) is 10.9. The van der Waals surface area contributed by atoms with Gasteiger partial charge in [0.1, 0.15) is 5.82 Å². The van der Waals surface area contributed by atoms with E-state index < -0.39 is 0 Å². The maximum Gasteiger partial charge on any atom is 0.256 e. The summed E-state index contributed by atoms with van der Waals surface area (Å²) in [4.78, 5) is 15.9. The molecule has 1 aromatic carbocycles. The Kier molecular flexibility index (Phi) is 2.91. The van der Waals surface area contributed by atoms with Gasteiger partial charge in [-0.3, -0.25) is 4.79 Å². The second-order valence-corrected chi connectivity index (χ2v) is 3.56. The number of benzene rings is 1. The first-order chi connectivity index (χ1) is 8.15. The van der Waals surface area contributed by atoms with Crippen molar-refractivity contribution >= 4 is 23.1 Å². The fourth-order valence-corrected chi connectivity index (χ4v) is 1.43. The van der Waals surface area contributed by atoms with Crippen LogP contribution in [0.15, 0.2) is 42.6 Å². The van der Waals surface area contributed by atoms with Crippen molar-refractivity contribution in [3.63, 3.8) is 0 Å². The van der Waals surface area contributed by atoms with Crippen molar-refractivity contribution in [3.05, 3.63) is 48.2 Å². The van der Waals surface area contributed by atoms with Crippen LogP contribution in [0.3, 0.4) is 0 Å². The van der Waals surface area contributed by atoms with Gasteiger partial charge in [0.05, 0.1) is 0 Å². The molecule has 5 N–H and O–H groups in total. The molecule has 0 spiro atoms. The molecular weight excluding hydrogens is 216 g/mol. The van der Waals surface area contributed by atoms with E-state index in [1.54, 1.807) is 42.6 Å². The highest BCUT2D eigenvalue weighted by Gasteiger charge is 2.07. The molecule has 0 saturated heterocycles. The largest absolute Gasteiger partial charge is 0.399 e. The topological polar surface area (TPSA) is 94.0 Å². The molecule has 0 aliphatic heterocycles. The SMILES string of the molecule is Nc1cc(N)cc(C(=O)Nc2ccccn2)c1. The van der Waals surface area contributed by atoms with Crippen LogP contribution in [0.5, 0.6) is 0 Å². The van der Waals surface area contributed by atoms with Gasteiger partial charge in [-0.2, -0.15) is 0 Å². The van der Waals surface area contributed by atoms with Crippen LogP contribution >= 0.6 is 0 Å². The molecule has 1 amide bonds. The number of aromatic nitrogens is 1. The molecule has 86 valence electrons. The quantitative estimate of drug-likeness (QED) is 0.679. The Morgan fingerprint density at radius 2 is 1.82 bits per heavy atom. The number of pyridine rings is 1. The van der Waals surface area contributed by atoms with Crippen molar-refractivity contribution in [2.24, 2.45) is 0 Å². The lowest BCUT2D eigenvalue weighted by Gasteiger charge is -2.05. The Morgan fingerprint density at radius 3 is 2.41 bits per heavy atom. The van der Waals surface area contributed by atoms with Crippen LogP contribution in [0.1, 0.15) is 10.4 Å². The Balaban J connectivity index is 2.20. The molecule has 17 heavy (non-hydrogen) atoms. The van der Waals surface area contributed by atoms with E-state index in [1.807, 2.05) is 0 Å². The second kappa shape index (κ2) is 4.52. The average Bonchev–Trinajstić information content (AvgIpc) is 2.29. The van der Waals surface area contributed by atoms with Crippen molar-refractivity contribution in [3.8, 4) is 0 Å². The Labute approximate surface area is 98.5 Å². The van der Waals surface area contributed by atoms with Crippen molar-refractivity contribution in [1.29, 1.82) is 0 Å². The maximum absolute atomic E-state index is 11.9. The summed E-state index contributed by atoms with van der Waals surface area (Å²) < 4.78 is 0. The van der Waals surface area contributed by atoms with Crippen LogP contribution in [0.4, 0.5) is 17.2 Å². The molecule has 0 atom stereocenters. The molecule has 0 aliphatic carbocycles. The standard InChI is InChI=1S/C12H12N4O/c13-9-5-8(6-10(14)7-9)12(17)16-11-3-1-2-4-15-11/h1-7H,13-14H2,(H,15,16,17). The summed E-state index contributed by atoms with van der Waals surface area (Å²) >= 11 is 0. The Hall–Kier alpha value is -2.56. The molecule has 0 unspecified atom stereocenters. The third-order valence-corrected chi connectivity index (χ3v) is 2.15. The first-order valence-corrected chi connectivity index (χ1v) is 5.03. The van der Waals surface area contributed by atoms with Crippen molar-refractivity contribution in [2.45, 2.75) is 0 Å². The van der Waals surface area contributed by atoms with E-state index in [1.165, 1.54) is 0 Å². The molecule has 1 aromatic heterocycles. The zero-order valence-electron chi connectivity index (χ0n) is 9.05. The number of anilines is 3. The molecule has 5 heteroatoms. The lowest BCUT2D eigenvalue weighted by Crippen LogP contribution is -2.13. The zero-order valence-corrected chi connectivity index (χ0v) is 9.05. The summed E-state index contributed by atoms with van der Waals surface area (Å²) in [5.41, 5.74) is 12.5. The van der Waals surface area contributed by atoms with Gasteiger partial charge in [-0.1, -0.05) is 6.07 Å². The van der Waals surface area contributed by atoms with Crippen LogP contribution in [0.25, 0.3) is 0 Å². The highest BCUT2D eigenvalue weighted by molar-refractivity contribution is 6.04. The van der Waals surface area contributed by atoms with Crippen LogP contribution in [0, 0.1) is 0 Å². The van der Waals surface area contributed by atoms with Gasteiger partial charge in [-0.25, -0.2) is 4.98 Å². The monoisotopic (exact) mass is 228 g/mol. The number of hydrogen-bond acceptors (Lipinski definition) is 4. The van der Waals surface area contributed by atoms with Gasteiger partial charge in [0.25, 0.3) is 5.91 Å². The molecule has 0 aliphatic rings. The molecule has 2 aromatic rings. The van der Waals surface area contributed by atoms with Crippen LogP contribution < -0.4 is 16.8 Å². The fraction of sp³-hybridized carbons (Fsp3) is 0. The maximum atomic E-state index is 11.9. The van der Waals surface area contributed by atoms with Crippen LogP contribution in [-0.2, 0) is 0 Å². The average molecular weight is 228 g/mol. The summed E-state index contributed by atoms with van der Waals surface area (Å²) in [5, 5.41) is 2.65. The molecule has 2 rings (SSSR count). The molecule has 0 saturated carbocycles. The number of amides is 1. The molecule has 0 fully saturated rings. The smallest absolute Gasteiger partial charge is 0.256 e. The normalized spacial score (nSPS) is 9.88. The molecule has 0 bridgehead atoms. The van der Waals surface area contributed by atoms with Gasteiger partial charge >= 0.3 is 0 Å². The number of nitrogens with two attached hydrogens (primary N) is 2. The van der Waals surface area contributed by atoms with E-state index in [4.69, 9.17) is 11.5 Å². The Bertz CT molecular complexity index is 519. The van der Waals surface area contributed by atoms with Gasteiger partial charge in [0, 0.05) is 23.1 Å². The van der Waals surface area contributed by atoms with Crippen LogP contribution in [-0.4, -0.2) is 10.9 Å². The van der Waals surface area contributed by atoms with Crippen molar-refractivity contribution < 1.29 is 4.79 Å². The number of hydrogen-bond donors (Lipinski definition) is 3. The predicted octanol–water partition coefficient (Wildman–Crippen LogP) is 1.50. The summed E-state index contributed by atoms with van der Waals surface area (Å²) in [5.74, 6) is 0.196. The molecule has 1 heterocycles. The summed E-state index contributed by atoms with van der Waals surface area (Å²) in [7, 11) is 0. The molecule has 5 nitrogen and oxygen atoms in total. The number of nitrogen functional groups attached to an aromatic ring is 2. The van der Waals surface area contributed by atoms with E-state index in [0.29, 0.717) is 22.8 Å². The summed E-state index contributed by atoms with van der Waals surface area (Å²) in [6.07, 6.45) is 1.60. The minimum Gasteiger partial charge on any atom is -0.399 e. The summed E-state index contributed by atoms with van der Waals surface area (Å²) in [6, 6.07) is 9.98. The van der Waals surface area contributed by atoms with Gasteiger partial charge in [0.2, 0.25) is 0 Å². The third-order valence-electron chi connectivity index (χ3n) is 2.15. The molecule has 0 radical (unpaired) electrons. The predicted molar refractivity (Wildman–Crippen MR) is 67.5 cm³/mol. The minimum absolute atomic E-state index is 0.289. The number of nitrogens with one attached hydrogen (secondary N) is 1. The number of nitrogens with zero attached hydrogens (tertiary/aromatic N) is 1. The van der Waals surface area contributed by atoms with E-state index in [2.05, 4.69) is 10.3 Å². The van der Waals surface area contributed by atoms with Gasteiger partial charge in [0.15, 0.2) is 0 Å². The van der Waals surface area contributed by atoms with Gasteiger partial charge < -0.3 is 16.8 Å². The molecular formula is C12H12N4O. The second-order valence-electron chi connectivity index (χ2n) is 3.56. The lowest BCUT2D eigenvalue weighted by molar-refractivity contribution is 0.102. The van der Waals surface area contributed by atoms with E-state index in [0.717, 1.165) is 0 Å². The number of rotatable bonds is 2. The van der Waals surface area contributed by atoms with Crippen LogP contribution in [0.2, 0.25) is 0 Å². The van der Waals surface area contributed by atoms with E-state index in [-0.39, 0.29) is 5.91 Å². The third kappa shape index (κ3) is 2.72. The van der Waals surface area contributed by atoms with Gasteiger partial charge in [-0.05, 0) is 30.3 Å². The van der Waals surface area contributed by atoms with Gasteiger partial charge in [-0.15, -0.1) is 0 Å². The number of carbonyl (C=O) groups excluding carboxylic acids is 1. The van der Waals surface area contributed by atoms with E-state index >= 15 is 0 Å². The summed E-state index contributed by atoms with van der Waals surface area (Å²) in [6.45, 7) is 0. The lowest BCUT2D eigenvalue weighted by atomic mass is 10.1. The van der Waals surface area contributed by atoms with Crippen molar-refractivity contribution in [1.82, 2.24) is 4.98 Å². The zero-order chi connectivity index (χ0) is 12.3.